The van der Waals surface area contributed by atoms with Crippen LogP contribution in [0.15, 0.2) is 23.1 Å². The van der Waals surface area contributed by atoms with E-state index in [9.17, 15) is 8.42 Å². The Hall–Kier alpha value is -0.950. The van der Waals surface area contributed by atoms with Crippen LogP contribution in [0.4, 0.5) is 0 Å². The summed E-state index contributed by atoms with van der Waals surface area (Å²) in [6.07, 6.45) is 0.679. The van der Waals surface area contributed by atoms with E-state index in [1.165, 1.54) is 0 Å². The zero-order valence-corrected chi connectivity index (χ0v) is 14.1. The van der Waals surface area contributed by atoms with Gasteiger partial charge in [-0.3, -0.25) is 0 Å². The maximum atomic E-state index is 12.4. The highest BCUT2D eigenvalue weighted by Gasteiger charge is 2.18. The van der Waals surface area contributed by atoms with Crippen LogP contribution >= 0.6 is 0 Å². The summed E-state index contributed by atoms with van der Waals surface area (Å²) in [7, 11) is -1.95. The molecule has 0 spiro atoms. The van der Waals surface area contributed by atoms with E-state index in [0.29, 0.717) is 30.5 Å². The Kier molecular flexibility index (Phi) is 7.31. The number of sulfonamides is 1. The summed E-state index contributed by atoms with van der Waals surface area (Å²) >= 11 is 0. The summed E-state index contributed by atoms with van der Waals surface area (Å²) in [5.41, 5.74) is 1.79. The minimum atomic E-state index is -3.49. The lowest BCUT2D eigenvalue weighted by atomic mass is 10.1. The molecule has 0 atom stereocenters. The fraction of sp³-hybridized carbons (Fsp3) is 0.600. The highest BCUT2D eigenvalue weighted by Crippen LogP contribution is 2.18. The molecular weight excluding hydrogens is 288 g/mol. The van der Waals surface area contributed by atoms with Crippen molar-refractivity contribution in [3.63, 3.8) is 0 Å². The minimum absolute atomic E-state index is 0.274. The predicted molar refractivity (Wildman–Crippen MR) is 84.9 cm³/mol. The van der Waals surface area contributed by atoms with Crippen molar-refractivity contribution in [2.45, 2.75) is 44.7 Å². The van der Waals surface area contributed by atoms with Crippen molar-refractivity contribution in [3.8, 4) is 0 Å². The van der Waals surface area contributed by atoms with Gasteiger partial charge in [0.25, 0.3) is 0 Å². The number of hydrogen-bond acceptors (Lipinski definition) is 4. The average Bonchev–Trinajstić information content (AvgIpc) is 2.45. The Morgan fingerprint density at radius 3 is 2.57 bits per heavy atom. The number of benzene rings is 1. The second-order valence-electron chi connectivity index (χ2n) is 5.22. The zero-order chi connectivity index (χ0) is 15.9. The van der Waals surface area contributed by atoms with Crippen molar-refractivity contribution in [3.05, 3.63) is 29.3 Å². The largest absolute Gasteiger partial charge is 0.383 e. The maximum Gasteiger partial charge on any atom is 0.240 e. The second-order valence-corrected chi connectivity index (χ2v) is 6.96. The molecule has 21 heavy (non-hydrogen) atoms. The molecule has 0 amide bonds. The van der Waals surface area contributed by atoms with E-state index in [4.69, 9.17) is 4.74 Å². The summed E-state index contributed by atoms with van der Waals surface area (Å²) in [5, 5.41) is 3.29. The van der Waals surface area contributed by atoms with Crippen LogP contribution in [0.2, 0.25) is 0 Å². The third-order valence-electron chi connectivity index (χ3n) is 3.11. The van der Waals surface area contributed by atoms with Gasteiger partial charge >= 0.3 is 0 Å². The number of aryl methyl sites for hydroxylation is 1. The first-order valence-electron chi connectivity index (χ1n) is 7.24. The molecule has 0 fully saturated rings. The predicted octanol–water partition coefficient (Wildman–Crippen LogP) is 1.67. The van der Waals surface area contributed by atoms with Crippen molar-refractivity contribution < 1.29 is 13.2 Å². The van der Waals surface area contributed by atoms with Gasteiger partial charge in [-0.05, 0) is 23.6 Å². The molecule has 2 N–H and O–H groups in total. The lowest BCUT2D eigenvalue weighted by Gasteiger charge is -2.14. The van der Waals surface area contributed by atoms with E-state index in [0.717, 1.165) is 11.1 Å². The van der Waals surface area contributed by atoms with Gasteiger partial charge in [0, 0.05) is 26.2 Å². The lowest BCUT2D eigenvalue weighted by molar-refractivity contribution is 0.204. The van der Waals surface area contributed by atoms with Gasteiger partial charge in [-0.15, -0.1) is 0 Å². The second kappa shape index (κ2) is 8.48. The Morgan fingerprint density at radius 1 is 1.29 bits per heavy atom. The fourth-order valence-corrected chi connectivity index (χ4v) is 3.30. The Bertz CT molecular complexity index is 542. The van der Waals surface area contributed by atoms with E-state index < -0.39 is 10.0 Å². The van der Waals surface area contributed by atoms with Crippen LogP contribution in [-0.4, -0.2) is 34.7 Å². The summed E-state index contributed by atoms with van der Waals surface area (Å²) in [6, 6.07) is 5.98. The summed E-state index contributed by atoms with van der Waals surface area (Å²) in [6.45, 7) is 7.36. The standard InChI is InChI=1S/C15H26N2O3S/c1-5-14-7-6-13(11-16-12(2)3)10-15(14)21(18,19)17-8-9-20-4/h6-7,10,12,16-17H,5,8-9,11H2,1-4H3. The topological polar surface area (TPSA) is 67.4 Å². The first-order chi connectivity index (χ1) is 9.90. The van der Waals surface area contributed by atoms with Gasteiger partial charge in [0.15, 0.2) is 0 Å². The molecule has 1 aromatic carbocycles. The van der Waals surface area contributed by atoms with Crippen LogP contribution < -0.4 is 10.0 Å². The number of nitrogens with one attached hydrogen (secondary N) is 2. The highest BCUT2D eigenvalue weighted by atomic mass is 32.2. The monoisotopic (exact) mass is 314 g/mol. The van der Waals surface area contributed by atoms with Crippen LogP contribution in [0.5, 0.6) is 0 Å². The highest BCUT2D eigenvalue weighted by molar-refractivity contribution is 7.89. The van der Waals surface area contributed by atoms with Crippen molar-refractivity contribution in [1.82, 2.24) is 10.0 Å². The third kappa shape index (κ3) is 5.74. The number of ether oxygens (including phenoxy) is 1. The Labute approximate surface area is 128 Å². The first-order valence-corrected chi connectivity index (χ1v) is 8.72. The average molecular weight is 314 g/mol. The zero-order valence-electron chi connectivity index (χ0n) is 13.3. The quantitative estimate of drug-likeness (QED) is 0.681. The maximum absolute atomic E-state index is 12.4. The number of hydrogen-bond donors (Lipinski definition) is 2. The lowest BCUT2D eigenvalue weighted by Crippen LogP contribution is -2.28. The molecule has 6 heteroatoms. The van der Waals surface area contributed by atoms with Crippen LogP contribution in [0, 0.1) is 0 Å². The van der Waals surface area contributed by atoms with Crippen molar-refractivity contribution in [2.24, 2.45) is 0 Å². The molecule has 0 saturated heterocycles. The van der Waals surface area contributed by atoms with E-state index in [2.05, 4.69) is 23.9 Å². The van der Waals surface area contributed by atoms with Crippen LogP contribution in [0.3, 0.4) is 0 Å². The van der Waals surface area contributed by atoms with Crippen molar-refractivity contribution in [2.75, 3.05) is 20.3 Å². The molecule has 0 bridgehead atoms. The molecule has 0 unspecified atom stereocenters. The molecule has 0 aliphatic rings. The van der Waals surface area contributed by atoms with Crippen molar-refractivity contribution in [1.29, 1.82) is 0 Å². The number of methoxy groups -OCH3 is 1. The van der Waals surface area contributed by atoms with Gasteiger partial charge in [0.1, 0.15) is 0 Å². The summed E-state index contributed by atoms with van der Waals surface area (Å²) in [5.74, 6) is 0. The van der Waals surface area contributed by atoms with E-state index in [1.807, 2.05) is 19.1 Å². The van der Waals surface area contributed by atoms with Crippen LogP contribution in [0.1, 0.15) is 31.9 Å². The minimum Gasteiger partial charge on any atom is -0.383 e. The van der Waals surface area contributed by atoms with Gasteiger partial charge in [-0.2, -0.15) is 0 Å². The summed E-state index contributed by atoms with van der Waals surface area (Å²) in [4.78, 5) is 0.365. The van der Waals surface area contributed by atoms with Gasteiger partial charge in [-0.1, -0.05) is 32.9 Å². The molecule has 0 heterocycles. The molecule has 1 rings (SSSR count). The molecule has 0 aliphatic heterocycles. The van der Waals surface area contributed by atoms with Gasteiger partial charge in [0.05, 0.1) is 11.5 Å². The van der Waals surface area contributed by atoms with Gasteiger partial charge < -0.3 is 10.1 Å². The molecule has 0 radical (unpaired) electrons. The van der Waals surface area contributed by atoms with Gasteiger partial charge in [-0.25, -0.2) is 13.1 Å². The molecule has 0 aliphatic carbocycles. The molecule has 0 aromatic heterocycles. The SMILES string of the molecule is CCc1ccc(CNC(C)C)cc1S(=O)(=O)NCCOC. The number of rotatable bonds is 9. The van der Waals surface area contributed by atoms with E-state index in [1.54, 1.807) is 13.2 Å². The molecular formula is C15H26N2O3S. The van der Waals surface area contributed by atoms with Crippen molar-refractivity contribution >= 4 is 10.0 Å². The van der Waals surface area contributed by atoms with Crippen LogP contribution in [-0.2, 0) is 27.7 Å². The van der Waals surface area contributed by atoms with E-state index in [-0.39, 0.29) is 6.54 Å². The molecule has 0 saturated carbocycles. The summed E-state index contributed by atoms with van der Waals surface area (Å²) < 4.78 is 32.2. The molecule has 1 aromatic rings. The van der Waals surface area contributed by atoms with E-state index >= 15 is 0 Å². The smallest absolute Gasteiger partial charge is 0.240 e. The van der Waals surface area contributed by atoms with Gasteiger partial charge in [0.2, 0.25) is 10.0 Å². The normalized spacial score (nSPS) is 12.0. The molecule has 5 nitrogen and oxygen atoms in total. The first kappa shape index (κ1) is 18.1. The Balaban J connectivity index is 2.99. The third-order valence-corrected chi connectivity index (χ3v) is 4.66. The molecule has 120 valence electrons. The van der Waals surface area contributed by atoms with Crippen LogP contribution in [0.25, 0.3) is 0 Å². The Morgan fingerprint density at radius 2 is 2.00 bits per heavy atom. The fourth-order valence-electron chi connectivity index (χ4n) is 1.93.